The Kier molecular flexibility index (Phi) is 7.83. The van der Waals surface area contributed by atoms with Gasteiger partial charge in [-0.3, -0.25) is 0 Å². The number of fused-ring (bicyclic) bond motifs is 7. The lowest BCUT2D eigenvalue weighted by atomic mass is 9.82. The van der Waals surface area contributed by atoms with Gasteiger partial charge in [-0.15, -0.1) is 0 Å². The van der Waals surface area contributed by atoms with Gasteiger partial charge in [0.2, 0.25) is 0 Å². The van der Waals surface area contributed by atoms with E-state index in [1.807, 2.05) is 0 Å². The summed E-state index contributed by atoms with van der Waals surface area (Å²) in [4.78, 5) is 2.50. The Balaban J connectivity index is 1.13. The lowest BCUT2D eigenvalue weighted by Gasteiger charge is -2.34. The van der Waals surface area contributed by atoms with Crippen LogP contribution in [-0.2, 0) is 5.41 Å². The Bertz CT molecular complexity index is 3000. The van der Waals surface area contributed by atoms with E-state index in [0.717, 1.165) is 11.4 Å². The van der Waals surface area contributed by atoms with Crippen LogP contribution < -0.4 is 25.6 Å². The summed E-state index contributed by atoms with van der Waals surface area (Å²) in [5.41, 5.74) is 15.2. The van der Waals surface area contributed by atoms with Crippen molar-refractivity contribution >= 4 is 56.7 Å². The molecular weight excluding hydrogens is 715 g/mol. The van der Waals surface area contributed by atoms with Crippen LogP contribution in [0.1, 0.15) is 30.5 Å². The standard InChI is InChI=1S/C56H43NSi/c1-38-33-45(36-47(34-38)58(46-17-5-4-6-18-46)54-23-13-10-20-50(54)51-21-11-14-24-55(51)58)57(44-31-32-49-48-19-9-12-22-52(48)56(2,3)53(49)37-44)43-29-27-40(28-30-43)42-26-25-39-15-7-8-16-41(39)35-42/h4-37H,1-3H3. The van der Waals surface area contributed by atoms with Crippen molar-refractivity contribution in [3.63, 3.8) is 0 Å². The maximum atomic E-state index is 2.52. The summed E-state index contributed by atoms with van der Waals surface area (Å²) >= 11 is 0. The van der Waals surface area contributed by atoms with Crippen LogP contribution in [0.15, 0.2) is 206 Å². The maximum absolute atomic E-state index is 2.72. The molecule has 0 bridgehead atoms. The van der Waals surface area contributed by atoms with E-state index < -0.39 is 8.07 Å². The molecule has 0 fully saturated rings. The molecule has 2 heteroatoms. The molecule has 2 aliphatic rings. The Labute approximate surface area is 342 Å². The molecule has 1 nitrogen and oxygen atoms in total. The minimum absolute atomic E-state index is 0.118. The average molecular weight is 758 g/mol. The van der Waals surface area contributed by atoms with Gasteiger partial charge in [-0.25, -0.2) is 0 Å². The second-order valence-corrected chi connectivity index (χ2v) is 20.3. The summed E-state index contributed by atoms with van der Waals surface area (Å²) in [6.07, 6.45) is 0. The van der Waals surface area contributed by atoms with Crippen LogP contribution in [0.3, 0.4) is 0 Å². The summed E-state index contributed by atoms with van der Waals surface area (Å²) in [7, 11) is -2.72. The van der Waals surface area contributed by atoms with Crippen molar-refractivity contribution in [2.45, 2.75) is 26.2 Å². The first-order valence-corrected chi connectivity index (χ1v) is 22.4. The third-order valence-electron chi connectivity index (χ3n) is 12.9. The van der Waals surface area contributed by atoms with Gasteiger partial charge in [-0.05, 0) is 131 Å². The second-order valence-electron chi connectivity index (χ2n) is 16.6. The molecule has 0 N–H and O–H groups in total. The van der Waals surface area contributed by atoms with E-state index in [-0.39, 0.29) is 5.41 Å². The fourth-order valence-corrected chi connectivity index (χ4v) is 15.6. The van der Waals surface area contributed by atoms with Crippen LogP contribution in [0.4, 0.5) is 17.1 Å². The molecule has 0 unspecified atom stereocenters. The Morgan fingerprint density at radius 1 is 0.379 bits per heavy atom. The molecule has 0 aromatic heterocycles. The van der Waals surface area contributed by atoms with Crippen LogP contribution in [0.5, 0.6) is 0 Å². The fraction of sp³-hybridized carbons (Fsp3) is 0.0714. The molecule has 0 radical (unpaired) electrons. The van der Waals surface area contributed by atoms with E-state index in [2.05, 4.69) is 232 Å². The molecule has 11 rings (SSSR count). The summed E-state index contributed by atoms with van der Waals surface area (Å²) < 4.78 is 0. The molecule has 9 aromatic rings. The van der Waals surface area contributed by atoms with Crippen LogP contribution in [-0.4, -0.2) is 8.07 Å². The molecule has 1 aliphatic carbocycles. The number of anilines is 3. The van der Waals surface area contributed by atoms with Crippen molar-refractivity contribution in [3.8, 4) is 33.4 Å². The highest BCUT2D eigenvalue weighted by Crippen LogP contribution is 2.50. The first-order chi connectivity index (χ1) is 28.4. The molecule has 0 atom stereocenters. The molecule has 0 spiro atoms. The zero-order valence-electron chi connectivity index (χ0n) is 33.1. The van der Waals surface area contributed by atoms with Gasteiger partial charge in [-0.2, -0.15) is 0 Å². The zero-order chi connectivity index (χ0) is 39.0. The van der Waals surface area contributed by atoms with E-state index in [4.69, 9.17) is 0 Å². The Morgan fingerprint density at radius 3 is 1.71 bits per heavy atom. The minimum atomic E-state index is -2.72. The second kappa shape index (κ2) is 13.2. The average Bonchev–Trinajstić information content (AvgIpc) is 3.70. The first kappa shape index (κ1) is 34.5. The van der Waals surface area contributed by atoms with Gasteiger partial charge in [0, 0.05) is 22.5 Å². The number of aryl methyl sites for hydroxylation is 1. The SMILES string of the molecule is Cc1cc(N(c2ccc(-c3ccc4ccccc4c3)cc2)c2ccc3c(c2)C(C)(C)c2ccccc2-3)cc([Si]2(c3ccccc3)c3ccccc3-c3ccccc32)c1. The van der Waals surface area contributed by atoms with Crippen LogP contribution >= 0.6 is 0 Å². The predicted octanol–water partition coefficient (Wildman–Crippen LogP) is 11.9. The monoisotopic (exact) mass is 757 g/mol. The first-order valence-electron chi connectivity index (χ1n) is 20.4. The molecule has 1 heterocycles. The van der Waals surface area contributed by atoms with Gasteiger partial charge in [0.25, 0.3) is 0 Å². The molecule has 0 saturated heterocycles. The van der Waals surface area contributed by atoms with Gasteiger partial charge in [-0.1, -0.05) is 178 Å². The fourth-order valence-electron chi connectivity index (χ4n) is 10.3. The number of rotatable bonds is 6. The maximum Gasteiger partial charge on any atom is 0.180 e. The molecule has 0 saturated carbocycles. The smallest absolute Gasteiger partial charge is 0.180 e. The van der Waals surface area contributed by atoms with Crippen molar-refractivity contribution in [2.24, 2.45) is 0 Å². The van der Waals surface area contributed by atoms with Crippen molar-refractivity contribution in [3.05, 3.63) is 223 Å². The Hall–Kier alpha value is -6.74. The van der Waals surface area contributed by atoms with Crippen molar-refractivity contribution in [1.29, 1.82) is 0 Å². The summed E-state index contributed by atoms with van der Waals surface area (Å²) in [5, 5.41) is 8.25. The minimum Gasteiger partial charge on any atom is -0.310 e. The normalized spacial score (nSPS) is 14.1. The van der Waals surface area contributed by atoms with Crippen molar-refractivity contribution in [2.75, 3.05) is 4.90 Å². The highest BCUT2D eigenvalue weighted by atomic mass is 28.3. The molecular formula is C56H43NSi. The summed E-state index contributed by atoms with van der Waals surface area (Å²) in [6, 6.07) is 77.7. The number of nitrogens with zero attached hydrogens (tertiary/aromatic N) is 1. The van der Waals surface area contributed by atoms with Crippen LogP contribution in [0, 0.1) is 6.92 Å². The number of hydrogen-bond acceptors (Lipinski definition) is 1. The number of hydrogen-bond donors (Lipinski definition) is 0. The third kappa shape index (κ3) is 5.15. The molecule has 276 valence electrons. The number of benzene rings is 9. The van der Waals surface area contributed by atoms with Crippen molar-refractivity contribution in [1.82, 2.24) is 0 Å². The van der Waals surface area contributed by atoms with E-state index in [1.54, 1.807) is 0 Å². The van der Waals surface area contributed by atoms with E-state index in [0.29, 0.717) is 0 Å². The van der Waals surface area contributed by atoms with E-state index in [1.165, 1.54) is 87.3 Å². The molecule has 58 heavy (non-hydrogen) atoms. The Morgan fingerprint density at radius 2 is 0.966 bits per heavy atom. The van der Waals surface area contributed by atoms with Crippen LogP contribution in [0.25, 0.3) is 44.2 Å². The van der Waals surface area contributed by atoms with Gasteiger partial charge in [0.05, 0.1) is 0 Å². The highest BCUT2D eigenvalue weighted by molar-refractivity contribution is 7.22. The van der Waals surface area contributed by atoms with Crippen LogP contribution in [0.2, 0.25) is 0 Å². The van der Waals surface area contributed by atoms with Gasteiger partial charge in [0.15, 0.2) is 8.07 Å². The lowest BCUT2D eigenvalue weighted by Crippen LogP contribution is -2.72. The van der Waals surface area contributed by atoms with Gasteiger partial charge in [0.1, 0.15) is 0 Å². The van der Waals surface area contributed by atoms with E-state index >= 15 is 0 Å². The molecule has 0 amide bonds. The zero-order valence-corrected chi connectivity index (χ0v) is 34.1. The molecule has 9 aromatic carbocycles. The van der Waals surface area contributed by atoms with Gasteiger partial charge >= 0.3 is 0 Å². The molecule has 1 aliphatic heterocycles. The quantitative estimate of drug-likeness (QED) is 0.153. The summed E-state index contributed by atoms with van der Waals surface area (Å²) in [5.74, 6) is 0. The largest absolute Gasteiger partial charge is 0.310 e. The topological polar surface area (TPSA) is 3.24 Å². The highest BCUT2D eigenvalue weighted by Gasteiger charge is 2.48. The predicted molar refractivity (Wildman–Crippen MR) is 249 cm³/mol. The van der Waals surface area contributed by atoms with E-state index in [9.17, 15) is 0 Å². The lowest BCUT2D eigenvalue weighted by molar-refractivity contribution is 0.660. The summed E-state index contributed by atoms with van der Waals surface area (Å²) in [6.45, 7) is 7.02. The third-order valence-corrected chi connectivity index (χ3v) is 17.8. The van der Waals surface area contributed by atoms with Crippen molar-refractivity contribution < 1.29 is 0 Å². The van der Waals surface area contributed by atoms with Gasteiger partial charge < -0.3 is 4.90 Å².